The number of amides is 1. The summed E-state index contributed by atoms with van der Waals surface area (Å²) in [5.41, 5.74) is 2.54. The van der Waals surface area contributed by atoms with Crippen LogP contribution in [0.4, 0.5) is 0 Å². The van der Waals surface area contributed by atoms with Crippen LogP contribution in [0.1, 0.15) is 58.6 Å². The average Bonchev–Trinajstić information content (AvgIpc) is 2.98. The fraction of sp³-hybridized carbons (Fsp3) is 0.562. The van der Waals surface area contributed by atoms with Crippen LogP contribution in [0.5, 0.6) is 0 Å². The van der Waals surface area contributed by atoms with Crippen molar-refractivity contribution in [3.8, 4) is 0 Å². The summed E-state index contributed by atoms with van der Waals surface area (Å²) in [6, 6.07) is 14.0. The molecule has 3 rings (SSSR count). The zero-order valence-electron chi connectivity index (χ0n) is 26.2. The fourth-order valence-corrected chi connectivity index (χ4v) is 4.81. The van der Waals surface area contributed by atoms with E-state index in [1.807, 2.05) is 44.2 Å². The number of hydrogen-bond acceptors (Lipinski definition) is 7. The number of carbonyl (C=O) groups is 2. The minimum Gasteiger partial charge on any atom is -0.378 e. The predicted octanol–water partition coefficient (Wildman–Crippen LogP) is 7.08. The third-order valence-electron chi connectivity index (χ3n) is 5.90. The number of carbonyl (C=O) groups excluding carboxylic acids is 2. The molecule has 238 valence electrons. The zero-order chi connectivity index (χ0) is 31.6. The van der Waals surface area contributed by atoms with E-state index in [0.29, 0.717) is 45.3 Å². The number of nitrogens with one attached hydrogen (secondary N) is 2. The lowest BCUT2D eigenvalue weighted by Crippen LogP contribution is -2.28. The van der Waals surface area contributed by atoms with Crippen LogP contribution >= 0.6 is 35.1 Å². The Hall–Kier alpha value is -1.65. The highest BCUT2D eigenvalue weighted by atomic mass is 35.5. The number of benzene rings is 2. The molecule has 7 nitrogen and oxygen atoms in total. The molecule has 0 aromatic heterocycles. The SMILES string of the molecule is CC.CC=O.CCC(C)CC(=O)NCCOCCOCCNSc1ccccc1.CN1CCc2cc(Cl)cc(Cl)c2C1. The van der Waals surface area contributed by atoms with Crippen molar-refractivity contribution in [1.82, 2.24) is 14.9 Å². The lowest BCUT2D eigenvalue weighted by Gasteiger charge is -2.25. The molecule has 2 N–H and O–H groups in total. The standard InChI is InChI=1S/C18H30N2O3S.C10H11Cl2N.C2H4O.C2H6/c1-3-16(2)15-18(21)19-9-11-22-13-14-23-12-10-20-24-17-7-5-4-6-8-17;1-13-3-2-7-4-8(11)5-10(12)9(7)6-13;1-2-3;1-2/h4-8,16,20H,3,9-15H2,1-2H3,(H,19,21);4-5H,2-3,6H2,1H3;2H,1H3;1-2H3. The molecule has 0 fully saturated rings. The van der Waals surface area contributed by atoms with Crippen molar-refractivity contribution in [2.24, 2.45) is 5.92 Å². The van der Waals surface area contributed by atoms with Crippen LogP contribution in [0.25, 0.3) is 0 Å². The maximum absolute atomic E-state index is 11.6. The third kappa shape index (κ3) is 20.3. The molecule has 0 aliphatic carbocycles. The van der Waals surface area contributed by atoms with Crippen molar-refractivity contribution in [3.05, 3.63) is 63.6 Å². The van der Waals surface area contributed by atoms with Gasteiger partial charge in [0, 0.05) is 47.5 Å². The summed E-state index contributed by atoms with van der Waals surface area (Å²) in [5, 5.41) is 4.41. The predicted molar refractivity (Wildman–Crippen MR) is 179 cm³/mol. The van der Waals surface area contributed by atoms with Gasteiger partial charge in [0.15, 0.2) is 0 Å². The van der Waals surface area contributed by atoms with Gasteiger partial charge >= 0.3 is 0 Å². The van der Waals surface area contributed by atoms with Gasteiger partial charge in [-0.05, 0) is 73.7 Å². The quantitative estimate of drug-likeness (QED) is 0.129. The zero-order valence-corrected chi connectivity index (χ0v) is 28.5. The number of nitrogens with zero attached hydrogens (tertiary/aromatic N) is 1. The maximum Gasteiger partial charge on any atom is 0.220 e. The Morgan fingerprint density at radius 2 is 1.69 bits per heavy atom. The molecule has 0 spiro atoms. The largest absolute Gasteiger partial charge is 0.378 e. The molecule has 0 saturated heterocycles. The summed E-state index contributed by atoms with van der Waals surface area (Å²) >= 11 is 13.6. The van der Waals surface area contributed by atoms with Crippen molar-refractivity contribution in [3.63, 3.8) is 0 Å². The Labute approximate surface area is 268 Å². The van der Waals surface area contributed by atoms with Gasteiger partial charge in [-0.3, -0.25) is 9.52 Å². The first-order valence-electron chi connectivity index (χ1n) is 14.7. The average molecular weight is 645 g/mol. The van der Waals surface area contributed by atoms with E-state index in [-0.39, 0.29) is 5.91 Å². The van der Waals surface area contributed by atoms with Gasteiger partial charge in [-0.2, -0.15) is 0 Å². The Morgan fingerprint density at radius 1 is 1.07 bits per heavy atom. The van der Waals surface area contributed by atoms with E-state index < -0.39 is 0 Å². The minimum absolute atomic E-state index is 0.103. The topological polar surface area (TPSA) is 79.9 Å². The molecule has 1 aliphatic heterocycles. The van der Waals surface area contributed by atoms with Gasteiger partial charge in [0.1, 0.15) is 6.29 Å². The van der Waals surface area contributed by atoms with E-state index in [4.69, 9.17) is 37.5 Å². The first kappa shape index (κ1) is 40.4. The number of hydrogen-bond donors (Lipinski definition) is 2. The van der Waals surface area contributed by atoms with Gasteiger partial charge in [-0.1, -0.05) is 75.5 Å². The Balaban J connectivity index is 0.000000776. The van der Waals surface area contributed by atoms with Crippen molar-refractivity contribution in [1.29, 1.82) is 0 Å². The van der Waals surface area contributed by atoms with Crippen molar-refractivity contribution >= 4 is 47.3 Å². The summed E-state index contributed by atoms with van der Waals surface area (Å²) in [6.45, 7) is 15.3. The van der Waals surface area contributed by atoms with E-state index in [1.54, 1.807) is 11.9 Å². The number of likely N-dealkylation sites (N-methyl/N-ethyl adjacent to an activating group) is 1. The number of fused-ring (bicyclic) bond motifs is 1. The highest BCUT2D eigenvalue weighted by Gasteiger charge is 2.16. The summed E-state index contributed by atoms with van der Waals surface area (Å²) in [4.78, 5) is 23.8. The molecular formula is C32H51Cl2N3O4S. The lowest BCUT2D eigenvalue weighted by atomic mass is 10.0. The van der Waals surface area contributed by atoms with E-state index >= 15 is 0 Å². The molecule has 0 radical (unpaired) electrons. The Morgan fingerprint density at radius 3 is 2.31 bits per heavy atom. The molecule has 2 aromatic rings. The van der Waals surface area contributed by atoms with Gasteiger partial charge in [0.2, 0.25) is 5.91 Å². The molecule has 1 heterocycles. The van der Waals surface area contributed by atoms with E-state index in [0.717, 1.165) is 48.8 Å². The third-order valence-corrected chi connectivity index (χ3v) is 7.31. The van der Waals surface area contributed by atoms with Gasteiger partial charge in [0.25, 0.3) is 0 Å². The summed E-state index contributed by atoms with van der Waals surface area (Å²) < 4.78 is 14.2. The normalized spacial score (nSPS) is 12.7. The van der Waals surface area contributed by atoms with Crippen LogP contribution < -0.4 is 10.0 Å². The highest BCUT2D eigenvalue weighted by Crippen LogP contribution is 2.29. The van der Waals surface area contributed by atoms with Crippen LogP contribution in [0, 0.1) is 5.92 Å². The van der Waals surface area contributed by atoms with Gasteiger partial charge in [-0.25, -0.2) is 0 Å². The first-order chi connectivity index (χ1) is 20.3. The molecular weight excluding hydrogens is 593 g/mol. The van der Waals surface area contributed by atoms with E-state index in [2.05, 4.69) is 48.0 Å². The Kier molecular flexibility index (Phi) is 25.9. The monoisotopic (exact) mass is 643 g/mol. The number of ether oxygens (including phenoxy) is 2. The van der Waals surface area contributed by atoms with Crippen molar-refractivity contribution < 1.29 is 19.1 Å². The molecule has 1 atom stereocenters. The first-order valence-corrected chi connectivity index (χ1v) is 16.3. The van der Waals surface area contributed by atoms with Crippen LogP contribution in [0.3, 0.4) is 0 Å². The molecule has 10 heteroatoms. The van der Waals surface area contributed by atoms with Gasteiger partial charge in [0.05, 0.1) is 26.4 Å². The second kappa shape index (κ2) is 26.9. The lowest BCUT2D eigenvalue weighted by molar-refractivity contribution is -0.122. The van der Waals surface area contributed by atoms with Crippen LogP contribution in [-0.2, 0) is 32.0 Å². The summed E-state index contributed by atoms with van der Waals surface area (Å²) in [5.74, 6) is 0.541. The van der Waals surface area contributed by atoms with Gasteiger partial charge in [-0.15, -0.1) is 0 Å². The van der Waals surface area contributed by atoms with Crippen molar-refractivity contribution in [2.75, 3.05) is 53.1 Å². The fourth-order valence-electron chi connectivity index (χ4n) is 3.57. The van der Waals surface area contributed by atoms with Crippen LogP contribution in [0.15, 0.2) is 47.4 Å². The summed E-state index contributed by atoms with van der Waals surface area (Å²) in [6.07, 6.45) is 3.42. The highest BCUT2D eigenvalue weighted by molar-refractivity contribution is 7.97. The Bertz CT molecular complexity index is 970. The van der Waals surface area contributed by atoms with E-state index in [9.17, 15) is 4.79 Å². The molecule has 42 heavy (non-hydrogen) atoms. The molecule has 1 amide bonds. The number of halogens is 2. The molecule has 0 bridgehead atoms. The van der Waals surface area contributed by atoms with Crippen LogP contribution in [0.2, 0.25) is 10.0 Å². The number of aldehydes is 1. The molecule has 0 saturated carbocycles. The molecule has 2 aromatic carbocycles. The summed E-state index contributed by atoms with van der Waals surface area (Å²) in [7, 11) is 2.11. The second-order valence-corrected chi connectivity index (χ2v) is 11.2. The van der Waals surface area contributed by atoms with Crippen molar-refractivity contribution in [2.45, 2.75) is 65.3 Å². The molecule has 1 aliphatic rings. The van der Waals surface area contributed by atoms with Gasteiger partial charge < -0.3 is 24.5 Å². The minimum atomic E-state index is 0.103. The van der Waals surface area contributed by atoms with Crippen LogP contribution in [-0.4, -0.2) is 70.2 Å². The second-order valence-electron chi connectivity index (χ2n) is 9.35. The molecule has 1 unspecified atom stereocenters. The smallest absolute Gasteiger partial charge is 0.220 e. The maximum atomic E-state index is 11.6. The van der Waals surface area contributed by atoms with E-state index in [1.165, 1.54) is 22.9 Å². The number of rotatable bonds is 14.